The molecule has 0 N–H and O–H groups in total. The van der Waals surface area contributed by atoms with Gasteiger partial charge in [-0.2, -0.15) is 0 Å². The van der Waals surface area contributed by atoms with Crippen LogP contribution in [0, 0.1) is 0 Å². The maximum Gasteiger partial charge on any atom is 0.162 e. The van der Waals surface area contributed by atoms with Crippen molar-refractivity contribution in [3.63, 3.8) is 0 Å². The number of nitrogens with zero attached hydrogens (tertiary/aromatic N) is 4. The summed E-state index contributed by atoms with van der Waals surface area (Å²) >= 11 is 0. The lowest BCUT2D eigenvalue weighted by Gasteiger charge is -2.14. The predicted octanol–water partition coefficient (Wildman–Crippen LogP) is 10.7. The first-order valence-corrected chi connectivity index (χ1v) is 15.7. The van der Waals surface area contributed by atoms with Crippen molar-refractivity contribution in [2.24, 2.45) is 0 Å². The Morgan fingerprint density at radius 3 is 1.83 bits per heavy atom. The van der Waals surface area contributed by atoms with Gasteiger partial charge in [-0.25, -0.2) is 9.97 Å². The maximum absolute atomic E-state index is 5.38. The first-order chi connectivity index (χ1) is 22.9. The zero-order chi connectivity index (χ0) is 29.9. The fourth-order valence-corrected chi connectivity index (χ4v) is 8.01. The average molecular weight is 585 g/mol. The van der Waals surface area contributed by atoms with Gasteiger partial charge >= 0.3 is 0 Å². The molecule has 0 aliphatic rings. The molecule has 0 radical (unpaired) electrons. The van der Waals surface area contributed by atoms with Gasteiger partial charge in [-0.05, 0) is 29.7 Å². The molecule has 0 fully saturated rings. The Balaban J connectivity index is 1.45. The average Bonchev–Trinajstić information content (AvgIpc) is 3.77. The zero-order valence-corrected chi connectivity index (χ0v) is 24.6. The van der Waals surface area contributed by atoms with E-state index < -0.39 is 0 Å². The van der Waals surface area contributed by atoms with E-state index in [1.165, 1.54) is 59.6 Å². The third-order valence-corrected chi connectivity index (χ3v) is 9.81. The van der Waals surface area contributed by atoms with E-state index >= 15 is 0 Å². The Bertz CT molecular complexity index is 3020. The van der Waals surface area contributed by atoms with E-state index in [2.05, 4.69) is 136 Å². The summed E-state index contributed by atoms with van der Waals surface area (Å²) < 4.78 is 4.92. The molecular formula is C42H24N4. The molecule has 46 heavy (non-hydrogen) atoms. The van der Waals surface area contributed by atoms with Crippen molar-refractivity contribution in [2.45, 2.75) is 0 Å². The van der Waals surface area contributed by atoms with E-state index in [-0.39, 0.29) is 0 Å². The standard InChI is InChI=1S/C42H24N4/c1-2-13-25(14-3-1)41-43-33-22-9-6-18-30(33)42(44-41)46-35-24-11-8-19-31(35)37-39(46)29-17-5-4-16-27(29)36-32-21-12-20-28-26-15-7-10-23-34(26)45(38(28)32)40(36)37/h1-24H. The van der Waals surface area contributed by atoms with Crippen LogP contribution in [-0.2, 0) is 0 Å². The summed E-state index contributed by atoms with van der Waals surface area (Å²) in [5.41, 5.74) is 7.98. The highest BCUT2D eigenvalue weighted by atomic mass is 15.1. The molecule has 11 aromatic rings. The number of hydrogen-bond donors (Lipinski definition) is 0. The van der Waals surface area contributed by atoms with E-state index in [1.54, 1.807) is 0 Å². The second-order valence-corrected chi connectivity index (χ2v) is 12.2. The number of aromatic nitrogens is 4. The van der Waals surface area contributed by atoms with Crippen molar-refractivity contribution in [1.29, 1.82) is 0 Å². The zero-order valence-electron chi connectivity index (χ0n) is 24.6. The lowest BCUT2D eigenvalue weighted by Crippen LogP contribution is -2.03. The van der Waals surface area contributed by atoms with Gasteiger partial charge in [0.05, 0.1) is 33.1 Å². The van der Waals surface area contributed by atoms with E-state index in [9.17, 15) is 0 Å². The van der Waals surface area contributed by atoms with Gasteiger partial charge in [0.25, 0.3) is 0 Å². The molecule has 4 heteroatoms. The first-order valence-electron chi connectivity index (χ1n) is 15.7. The van der Waals surface area contributed by atoms with Crippen molar-refractivity contribution in [2.75, 3.05) is 0 Å². The van der Waals surface area contributed by atoms with Crippen LogP contribution < -0.4 is 0 Å². The van der Waals surface area contributed by atoms with Gasteiger partial charge in [-0.15, -0.1) is 0 Å². The van der Waals surface area contributed by atoms with Gasteiger partial charge in [-0.1, -0.05) is 121 Å². The summed E-state index contributed by atoms with van der Waals surface area (Å²) in [6, 6.07) is 52.0. The molecule has 4 nitrogen and oxygen atoms in total. The molecule has 0 bridgehead atoms. The molecule has 0 unspecified atom stereocenters. The van der Waals surface area contributed by atoms with Crippen LogP contribution in [0.1, 0.15) is 0 Å². The highest BCUT2D eigenvalue weighted by Crippen LogP contribution is 2.48. The normalized spacial score (nSPS) is 12.3. The van der Waals surface area contributed by atoms with Gasteiger partial charge < -0.3 is 4.40 Å². The minimum Gasteiger partial charge on any atom is -0.307 e. The number of rotatable bonds is 2. The highest BCUT2D eigenvalue weighted by molar-refractivity contribution is 6.39. The molecule has 7 aromatic carbocycles. The number of hydrogen-bond acceptors (Lipinski definition) is 2. The molecular weight excluding hydrogens is 560 g/mol. The predicted molar refractivity (Wildman–Crippen MR) is 191 cm³/mol. The smallest absolute Gasteiger partial charge is 0.162 e. The van der Waals surface area contributed by atoms with Crippen LogP contribution in [0.3, 0.4) is 0 Å². The molecule has 0 aliphatic heterocycles. The van der Waals surface area contributed by atoms with Crippen LogP contribution in [-0.4, -0.2) is 18.9 Å². The Kier molecular flexibility index (Phi) is 4.55. The minimum absolute atomic E-state index is 0.719. The molecule has 4 aromatic heterocycles. The van der Waals surface area contributed by atoms with Gasteiger partial charge in [0, 0.05) is 48.7 Å². The fourth-order valence-electron chi connectivity index (χ4n) is 8.01. The van der Waals surface area contributed by atoms with Gasteiger partial charge in [0.1, 0.15) is 5.82 Å². The van der Waals surface area contributed by atoms with E-state index in [0.717, 1.165) is 39.1 Å². The summed E-state index contributed by atoms with van der Waals surface area (Å²) in [5, 5.41) is 11.1. The first kappa shape index (κ1) is 24.1. The summed E-state index contributed by atoms with van der Waals surface area (Å²) in [6.07, 6.45) is 0. The third-order valence-electron chi connectivity index (χ3n) is 9.81. The number of benzene rings is 7. The number of fused-ring (bicyclic) bond motifs is 14. The van der Waals surface area contributed by atoms with Crippen molar-refractivity contribution in [3.8, 4) is 17.2 Å². The minimum atomic E-state index is 0.719. The second-order valence-electron chi connectivity index (χ2n) is 12.2. The largest absolute Gasteiger partial charge is 0.307 e. The Morgan fingerprint density at radius 2 is 0.978 bits per heavy atom. The van der Waals surface area contributed by atoms with E-state index in [1.807, 2.05) is 18.2 Å². The molecule has 0 atom stereocenters. The SMILES string of the molecule is c1ccc(-c2nc(-n3c4ccccc4c4c3c3ccccc3c3c5cccc6c7ccccc7n(c65)c34)c3ccccc3n2)cc1. The molecule has 4 heterocycles. The highest BCUT2D eigenvalue weighted by Gasteiger charge is 2.26. The maximum atomic E-state index is 5.38. The van der Waals surface area contributed by atoms with Gasteiger partial charge in [0.2, 0.25) is 0 Å². The Labute approximate surface area is 262 Å². The summed E-state index contributed by atoms with van der Waals surface area (Å²) in [4.78, 5) is 10.4. The lowest BCUT2D eigenvalue weighted by molar-refractivity contribution is 1.08. The molecule has 0 aliphatic carbocycles. The van der Waals surface area contributed by atoms with Crippen LogP contribution >= 0.6 is 0 Å². The van der Waals surface area contributed by atoms with Crippen molar-refractivity contribution >= 4 is 81.6 Å². The quantitative estimate of drug-likeness (QED) is 0.203. The van der Waals surface area contributed by atoms with E-state index in [0.29, 0.717) is 0 Å². The third kappa shape index (κ3) is 2.94. The molecule has 0 spiro atoms. The van der Waals surface area contributed by atoms with Crippen molar-refractivity contribution < 1.29 is 0 Å². The molecule has 0 amide bonds. The summed E-state index contributed by atoms with van der Waals surface area (Å²) in [7, 11) is 0. The van der Waals surface area contributed by atoms with Crippen LogP contribution in [0.2, 0.25) is 0 Å². The molecule has 11 rings (SSSR count). The Morgan fingerprint density at radius 1 is 0.370 bits per heavy atom. The summed E-state index contributed by atoms with van der Waals surface area (Å²) in [5.74, 6) is 1.61. The van der Waals surface area contributed by atoms with Crippen LogP contribution in [0.5, 0.6) is 0 Å². The van der Waals surface area contributed by atoms with Crippen molar-refractivity contribution in [3.05, 3.63) is 146 Å². The Hall–Kier alpha value is -6.26. The van der Waals surface area contributed by atoms with Crippen LogP contribution in [0.4, 0.5) is 0 Å². The second kappa shape index (κ2) is 8.68. The van der Waals surface area contributed by atoms with Crippen LogP contribution in [0.15, 0.2) is 146 Å². The molecule has 0 saturated carbocycles. The van der Waals surface area contributed by atoms with E-state index in [4.69, 9.17) is 9.97 Å². The molecule has 0 saturated heterocycles. The number of para-hydroxylation sites is 4. The van der Waals surface area contributed by atoms with Gasteiger partial charge in [0.15, 0.2) is 5.82 Å². The van der Waals surface area contributed by atoms with Crippen molar-refractivity contribution in [1.82, 2.24) is 18.9 Å². The molecule has 212 valence electrons. The monoisotopic (exact) mass is 584 g/mol. The van der Waals surface area contributed by atoms with Crippen LogP contribution in [0.25, 0.3) is 98.8 Å². The lowest BCUT2D eigenvalue weighted by atomic mass is 9.98. The van der Waals surface area contributed by atoms with Gasteiger partial charge in [-0.3, -0.25) is 4.57 Å². The summed E-state index contributed by atoms with van der Waals surface area (Å²) in [6.45, 7) is 0. The topological polar surface area (TPSA) is 35.1 Å². The fraction of sp³-hybridized carbons (Fsp3) is 0.